The summed E-state index contributed by atoms with van der Waals surface area (Å²) in [6.07, 6.45) is -5.89. The molecule has 6 heteroatoms. The normalized spacial score (nSPS) is 40.8. The van der Waals surface area contributed by atoms with Crippen molar-refractivity contribution in [3.05, 3.63) is 11.3 Å². The highest BCUT2D eigenvalue weighted by Crippen LogP contribution is 2.33. The van der Waals surface area contributed by atoms with Crippen molar-refractivity contribution in [2.75, 3.05) is 0 Å². The van der Waals surface area contributed by atoms with Crippen LogP contribution in [0.1, 0.15) is 20.8 Å². The second-order valence-electron chi connectivity index (χ2n) is 4.45. The van der Waals surface area contributed by atoms with Gasteiger partial charge in [0.15, 0.2) is 6.29 Å². The first-order chi connectivity index (χ1) is 7.19. The first-order valence-electron chi connectivity index (χ1n) is 4.98. The quantitative estimate of drug-likeness (QED) is 0.393. The van der Waals surface area contributed by atoms with Crippen LogP contribution < -0.4 is 0 Å². The highest BCUT2D eigenvalue weighted by Gasteiger charge is 2.55. The molecule has 1 saturated heterocycles. The van der Waals surface area contributed by atoms with Gasteiger partial charge < -0.3 is 30.3 Å². The summed E-state index contributed by atoms with van der Waals surface area (Å²) in [4.78, 5) is 0. The molecule has 0 aromatic carbocycles. The Bertz CT molecular complexity index is 294. The van der Waals surface area contributed by atoms with Crippen molar-refractivity contribution in [1.82, 2.24) is 0 Å². The Balaban J connectivity index is 2.95. The van der Waals surface area contributed by atoms with Gasteiger partial charge >= 0.3 is 0 Å². The maximum absolute atomic E-state index is 9.87. The van der Waals surface area contributed by atoms with Gasteiger partial charge in [0, 0.05) is 0 Å². The van der Waals surface area contributed by atoms with E-state index in [-0.39, 0.29) is 5.76 Å². The SMILES string of the molecule is CC(C)=C(O)[C@@H](O)[C@H]1O[C@H](O)[C@H](O)[C@]1(C)O. The fourth-order valence-corrected chi connectivity index (χ4v) is 1.65. The number of allylic oxidation sites excluding steroid dienone is 1. The van der Waals surface area contributed by atoms with Gasteiger partial charge in [0.25, 0.3) is 0 Å². The van der Waals surface area contributed by atoms with E-state index in [0.717, 1.165) is 0 Å². The number of aliphatic hydroxyl groups excluding tert-OH is 4. The second-order valence-corrected chi connectivity index (χ2v) is 4.45. The van der Waals surface area contributed by atoms with Crippen molar-refractivity contribution < 1.29 is 30.3 Å². The standard InChI is InChI=1S/C10H18O6/c1-4(2)5(11)6(12)8-10(3,15)7(13)9(14)16-8/h6-9,11-15H,1-3H3/t6-,7+,8-,9+,10+/m1/s1. The van der Waals surface area contributed by atoms with E-state index in [9.17, 15) is 25.5 Å². The van der Waals surface area contributed by atoms with Crippen LogP contribution in [0.15, 0.2) is 11.3 Å². The molecule has 1 aliphatic rings. The van der Waals surface area contributed by atoms with E-state index in [4.69, 9.17) is 4.74 Å². The molecule has 0 aromatic rings. The molecule has 1 aliphatic heterocycles. The lowest BCUT2D eigenvalue weighted by molar-refractivity contribution is -0.146. The van der Waals surface area contributed by atoms with Crippen LogP contribution in [0.5, 0.6) is 0 Å². The minimum atomic E-state index is -1.83. The number of rotatable bonds is 2. The Morgan fingerprint density at radius 2 is 1.81 bits per heavy atom. The molecule has 0 aromatic heterocycles. The molecule has 0 radical (unpaired) electrons. The summed E-state index contributed by atoms with van der Waals surface area (Å²) in [5.41, 5.74) is -1.37. The molecule has 16 heavy (non-hydrogen) atoms. The Morgan fingerprint density at radius 1 is 1.31 bits per heavy atom. The fourth-order valence-electron chi connectivity index (χ4n) is 1.65. The minimum Gasteiger partial charge on any atom is -0.510 e. The van der Waals surface area contributed by atoms with Crippen molar-refractivity contribution in [2.24, 2.45) is 0 Å². The monoisotopic (exact) mass is 234 g/mol. The van der Waals surface area contributed by atoms with Crippen molar-refractivity contribution in [3.63, 3.8) is 0 Å². The lowest BCUT2D eigenvalue weighted by atomic mass is 9.90. The van der Waals surface area contributed by atoms with Crippen molar-refractivity contribution in [3.8, 4) is 0 Å². The third-order valence-electron chi connectivity index (χ3n) is 2.81. The summed E-state index contributed by atoms with van der Waals surface area (Å²) in [6.45, 7) is 4.38. The van der Waals surface area contributed by atoms with E-state index >= 15 is 0 Å². The molecule has 0 unspecified atom stereocenters. The van der Waals surface area contributed by atoms with Crippen LogP contribution in [0.3, 0.4) is 0 Å². The van der Waals surface area contributed by atoms with Crippen molar-refractivity contribution in [1.29, 1.82) is 0 Å². The van der Waals surface area contributed by atoms with Gasteiger partial charge in [0.2, 0.25) is 0 Å². The molecule has 94 valence electrons. The zero-order valence-corrected chi connectivity index (χ0v) is 9.45. The third-order valence-corrected chi connectivity index (χ3v) is 2.81. The van der Waals surface area contributed by atoms with E-state index in [1.54, 1.807) is 13.8 Å². The molecular weight excluding hydrogens is 216 g/mol. The topological polar surface area (TPSA) is 110 Å². The van der Waals surface area contributed by atoms with Gasteiger partial charge in [-0.3, -0.25) is 0 Å². The van der Waals surface area contributed by atoms with Gasteiger partial charge in [0.1, 0.15) is 29.7 Å². The molecule has 0 aliphatic carbocycles. The Labute approximate surface area is 93.4 Å². The Morgan fingerprint density at radius 3 is 2.12 bits per heavy atom. The molecule has 5 N–H and O–H groups in total. The van der Waals surface area contributed by atoms with Gasteiger partial charge in [-0.1, -0.05) is 0 Å². The van der Waals surface area contributed by atoms with E-state index < -0.39 is 30.2 Å². The van der Waals surface area contributed by atoms with Crippen LogP contribution in [0.2, 0.25) is 0 Å². The van der Waals surface area contributed by atoms with Crippen LogP contribution in [-0.4, -0.2) is 55.7 Å². The van der Waals surface area contributed by atoms with Crippen LogP contribution >= 0.6 is 0 Å². The summed E-state index contributed by atoms with van der Waals surface area (Å²) >= 11 is 0. The van der Waals surface area contributed by atoms with Crippen molar-refractivity contribution >= 4 is 0 Å². The summed E-state index contributed by atoms with van der Waals surface area (Å²) in [6, 6.07) is 0. The second kappa shape index (κ2) is 4.31. The zero-order chi connectivity index (χ0) is 12.7. The van der Waals surface area contributed by atoms with Gasteiger partial charge in [-0.05, 0) is 26.3 Å². The molecular formula is C10H18O6. The van der Waals surface area contributed by atoms with Gasteiger partial charge in [0.05, 0.1) is 0 Å². The highest BCUT2D eigenvalue weighted by atomic mass is 16.7. The van der Waals surface area contributed by atoms with Gasteiger partial charge in [-0.25, -0.2) is 0 Å². The fraction of sp³-hybridized carbons (Fsp3) is 0.800. The first-order valence-corrected chi connectivity index (χ1v) is 4.98. The van der Waals surface area contributed by atoms with E-state index in [2.05, 4.69) is 0 Å². The number of ether oxygens (including phenoxy) is 1. The maximum atomic E-state index is 9.87. The third kappa shape index (κ3) is 2.07. The smallest absolute Gasteiger partial charge is 0.184 e. The molecule has 1 rings (SSSR count). The molecule has 1 heterocycles. The maximum Gasteiger partial charge on any atom is 0.184 e. The van der Waals surface area contributed by atoms with Crippen LogP contribution in [0.25, 0.3) is 0 Å². The van der Waals surface area contributed by atoms with E-state index in [1.807, 2.05) is 0 Å². The largest absolute Gasteiger partial charge is 0.510 e. The highest BCUT2D eigenvalue weighted by molar-refractivity contribution is 5.13. The molecule has 0 spiro atoms. The number of aliphatic hydroxyl groups is 5. The molecule has 0 amide bonds. The molecule has 5 atom stereocenters. The predicted molar refractivity (Wildman–Crippen MR) is 54.5 cm³/mol. The summed E-state index contributed by atoms with van der Waals surface area (Å²) in [5, 5.41) is 47.8. The van der Waals surface area contributed by atoms with Gasteiger partial charge in [-0.2, -0.15) is 0 Å². The number of hydrogen-bond donors (Lipinski definition) is 5. The molecule has 0 saturated carbocycles. The van der Waals surface area contributed by atoms with Gasteiger partial charge in [-0.15, -0.1) is 0 Å². The molecule has 0 bridgehead atoms. The van der Waals surface area contributed by atoms with Crippen molar-refractivity contribution in [2.45, 2.75) is 51.0 Å². The number of hydrogen-bond acceptors (Lipinski definition) is 6. The first kappa shape index (κ1) is 13.4. The van der Waals surface area contributed by atoms with Crippen LogP contribution in [0, 0.1) is 0 Å². The van der Waals surface area contributed by atoms with Crippen LogP contribution in [-0.2, 0) is 4.74 Å². The minimum absolute atomic E-state index is 0.341. The van der Waals surface area contributed by atoms with Crippen LogP contribution in [0.4, 0.5) is 0 Å². The molecule has 1 fully saturated rings. The summed E-state index contributed by atoms with van der Waals surface area (Å²) < 4.78 is 4.83. The van der Waals surface area contributed by atoms with E-state index in [0.29, 0.717) is 5.57 Å². The zero-order valence-electron chi connectivity index (χ0n) is 9.45. The summed E-state index contributed by atoms with van der Waals surface area (Å²) in [5.74, 6) is -0.341. The lowest BCUT2D eigenvalue weighted by Crippen LogP contribution is -2.50. The average molecular weight is 234 g/mol. The molecule has 6 nitrogen and oxygen atoms in total. The predicted octanol–water partition coefficient (Wildman–Crippen LogP) is -0.972. The average Bonchev–Trinajstić information content (AvgIpc) is 2.39. The lowest BCUT2D eigenvalue weighted by Gasteiger charge is -2.29. The Hall–Kier alpha value is -0.660. The summed E-state index contributed by atoms with van der Waals surface area (Å²) in [7, 11) is 0. The van der Waals surface area contributed by atoms with E-state index in [1.165, 1.54) is 6.92 Å². The Kier molecular flexibility index (Phi) is 3.61.